The van der Waals surface area contributed by atoms with E-state index in [0.717, 1.165) is 12.3 Å². The molecule has 0 saturated carbocycles. The van der Waals surface area contributed by atoms with Gasteiger partial charge in [0, 0.05) is 18.2 Å². The zero-order valence-electron chi connectivity index (χ0n) is 13.7. The second kappa shape index (κ2) is 10.6. The third-order valence-corrected chi connectivity index (χ3v) is 2.84. The number of ether oxygens (including phenoxy) is 3. The van der Waals surface area contributed by atoms with E-state index in [2.05, 4.69) is 25.2 Å². The second-order valence-electron chi connectivity index (χ2n) is 5.52. The lowest BCUT2D eigenvalue weighted by molar-refractivity contribution is 0.0124. The van der Waals surface area contributed by atoms with E-state index in [-0.39, 0.29) is 6.10 Å². The van der Waals surface area contributed by atoms with Crippen LogP contribution in [-0.2, 0) is 16.0 Å². The van der Waals surface area contributed by atoms with Crippen LogP contribution in [0.1, 0.15) is 33.3 Å². The summed E-state index contributed by atoms with van der Waals surface area (Å²) in [7, 11) is 0. The van der Waals surface area contributed by atoms with Gasteiger partial charge in [0.2, 0.25) is 0 Å². The Morgan fingerprint density at radius 2 is 1.67 bits per heavy atom. The maximum absolute atomic E-state index is 5.79. The molecule has 4 nitrogen and oxygen atoms in total. The van der Waals surface area contributed by atoms with Gasteiger partial charge in [-0.1, -0.05) is 32.0 Å². The molecule has 0 heterocycles. The van der Waals surface area contributed by atoms with E-state index in [4.69, 9.17) is 14.2 Å². The summed E-state index contributed by atoms with van der Waals surface area (Å²) >= 11 is 0. The van der Waals surface area contributed by atoms with Crippen LogP contribution in [-0.4, -0.2) is 38.6 Å². The molecule has 0 aliphatic carbocycles. The molecule has 21 heavy (non-hydrogen) atoms. The van der Waals surface area contributed by atoms with Gasteiger partial charge < -0.3 is 19.5 Å². The maximum atomic E-state index is 5.79. The Kier molecular flexibility index (Phi) is 9.06. The Labute approximate surface area is 128 Å². The molecule has 0 spiro atoms. The van der Waals surface area contributed by atoms with Crippen molar-refractivity contribution in [3.8, 4) is 5.75 Å². The Morgan fingerprint density at radius 1 is 0.952 bits per heavy atom. The summed E-state index contributed by atoms with van der Waals surface area (Å²) in [4.78, 5) is 0. The monoisotopic (exact) mass is 295 g/mol. The molecule has 0 unspecified atom stereocenters. The van der Waals surface area contributed by atoms with Crippen molar-refractivity contribution in [3.63, 3.8) is 0 Å². The molecule has 120 valence electrons. The summed E-state index contributed by atoms with van der Waals surface area (Å²) in [5.41, 5.74) is 1.18. The van der Waals surface area contributed by atoms with Gasteiger partial charge in [-0.05, 0) is 19.9 Å². The van der Waals surface area contributed by atoms with Gasteiger partial charge in [0.1, 0.15) is 12.4 Å². The average Bonchev–Trinajstić information content (AvgIpc) is 2.44. The van der Waals surface area contributed by atoms with Crippen molar-refractivity contribution in [2.75, 3.05) is 26.4 Å². The molecule has 0 aliphatic heterocycles. The van der Waals surface area contributed by atoms with Crippen molar-refractivity contribution in [1.29, 1.82) is 0 Å². The Morgan fingerprint density at radius 3 is 2.38 bits per heavy atom. The first kappa shape index (κ1) is 18.0. The summed E-state index contributed by atoms with van der Waals surface area (Å²) < 4.78 is 16.7. The Hall–Kier alpha value is -1.10. The standard InChI is InChI=1S/C17H29NO3/c1-14(2)18-13-16-7-5-6-8-17(16)21-12-10-19-9-11-20-15(3)4/h5-8,14-15,18H,9-13H2,1-4H3. The minimum absolute atomic E-state index is 0.255. The van der Waals surface area contributed by atoms with Crippen LogP contribution in [0.4, 0.5) is 0 Å². The number of benzene rings is 1. The van der Waals surface area contributed by atoms with Crippen LogP contribution in [0, 0.1) is 0 Å². The summed E-state index contributed by atoms with van der Waals surface area (Å²) in [5.74, 6) is 0.924. The lowest BCUT2D eigenvalue weighted by Crippen LogP contribution is -2.22. The molecule has 1 N–H and O–H groups in total. The highest BCUT2D eigenvalue weighted by Crippen LogP contribution is 2.17. The topological polar surface area (TPSA) is 39.7 Å². The zero-order chi connectivity index (χ0) is 15.5. The fourth-order valence-corrected chi connectivity index (χ4v) is 1.76. The van der Waals surface area contributed by atoms with Crippen LogP contribution in [0.15, 0.2) is 24.3 Å². The highest BCUT2D eigenvalue weighted by Gasteiger charge is 2.03. The second-order valence-corrected chi connectivity index (χ2v) is 5.52. The fourth-order valence-electron chi connectivity index (χ4n) is 1.76. The number of rotatable bonds is 11. The van der Waals surface area contributed by atoms with Gasteiger partial charge in [-0.25, -0.2) is 0 Å². The van der Waals surface area contributed by atoms with Gasteiger partial charge in [0.25, 0.3) is 0 Å². The van der Waals surface area contributed by atoms with Gasteiger partial charge >= 0.3 is 0 Å². The van der Waals surface area contributed by atoms with Crippen molar-refractivity contribution in [2.45, 2.75) is 46.4 Å². The van der Waals surface area contributed by atoms with E-state index in [9.17, 15) is 0 Å². The van der Waals surface area contributed by atoms with Crippen LogP contribution >= 0.6 is 0 Å². The number of hydrogen-bond acceptors (Lipinski definition) is 4. The molecular formula is C17H29NO3. The van der Waals surface area contributed by atoms with E-state index in [1.807, 2.05) is 32.0 Å². The van der Waals surface area contributed by atoms with E-state index in [0.29, 0.717) is 32.5 Å². The van der Waals surface area contributed by atoms with E-state index < -0.39 is 0 Å². The van der Waals surface area contributed by atoms with Gasteiger partial charge in [-0.15, -0.1) is 0 Å². The molecule has 0 aromatic heterocycles. The minimum atomic E-state index is 0.255. The molecule has 0 saturated heterocycles. The SMILES string of the molecule is CC(C)NCc1ccccc1OCCOCCOC(C)C. The molecule has 1 aromatic carbocycles. The van der Waals surface area contributed by atoms with Gasteiger partial charge in [-0.3, -0.25) is 0 Å². The largest absolute Gasteiger partial charge is 0.491 e. The first-order valence-electron chi connectivity index (χ1n) is 7.73. The number of hydrogen-bond donors (Lipinski definition) is 1. The smallest absolute Gasteiger partial charge is 0.123 e. The van der Waals surface area contributed by atoms with Gasteiger partial charge in [-0.2, -0.15) is 0 Å². The predicted molar refractivity (Wildman–Crippen MR) is 85.8 cm³/mol. The number of para-hydroxylation sites is 1. The van der Waals surface area contributed by atoms with Crippen LogP contribution in [0.3, 0.4) is 0 Å². The minimum Gasteiger partial charge on any atom is -0.491 e. The Balaban J connectivity index is 2.22. The molecule has 0 atom stereocenters. The fraction of sp³-hybridized carbons (Fsp3) is 0.647. The van der Waals surface area contributed by atoms with Crippen molar-refractivity contribution in [3.05, 3.63) is 29.8 Å². The maximum Gasteiger partial charge on any atom is 0.123 e. The third-order valence-electron chi connectivity index (χ3n) is 2.84. The van der Waals surface area contributed by atoms with Crippen molar-refractivity contribution < 1.29 is 14.2 Å². The molecule has 0 radical (unpaired) electrons. The van der Waals surface area contributed by atoms with E-state index in [1.165, 1.54) is 5.56 Å². The summed E-state index contributed by atoms with van der Waals surface area (Å²) in [6, 6.07) is 8.57. The normalized spacial score (nSPS) is 11.3. The number of nitrogens with one attached hydrogen (secondary N) is 1. The highest BCUT2D eigenvalue weighted by molar-refractivity contribution is 5.33. The van der Waals surface area contributed by atoms with E-state index in [1.54, 1.807) is 0 Å². The zero-order valence-corrected chi connectivity index (χ0v) is 13.7. The van der Waals surface area contributed by atoms with Crippen molar-refractivity contribution in [1.82, 2.24) is 5.32 Å². The molecule has 4 heteroatoms. The molecule has 0 amide bonds. The first-order chi connectivity index (χ1) is 10.1. The van der Waals surface area contributed by atoms with Crippen LogP contribution < -0.4 is 10.1 Å². The van der Waals surface area contributed by atoms with Gasteiger partial charge in [0.15, 0.2) is 0 Å². The van der Waals surface area contributed by atoms with Crippen molar-refractivity contribution >= 4 is 0 Å². The van der Waals surface area contributed by atoms with E-state index >= 15 is 0 Å². The summed E-state index contributed by atoms with van der Waals surface area (Å²) in [6.07, 6.45) is 0.255. The molecule has 0 aliphatic rings. The third kappa shape index (κ3) is 8.71. The molecule has 0 fully saturated rings. The van der Waals surface area contributed by atoms with Gasteiger partial charge in [0.05, 0.1) is 25.9 Å². The lowest BCUT2D eigenvalue weighted by Gasteiger charge is -2.14. The first-order valence-corrected chi connectivity index (χ1v) is 7.73. The van der Waals surface area contributed by atoms with Crippen molar-refractivity contribution in [2.24, 2.45) is 0 Å². The lowest BCUT2D eigenvalue weighted by atomic mass is 10.2. The average molecular weight is 295 g/mol. The van der Waals surface area contributed by atoms with Crippen LogP contribution in [0.5, 0.6) is 5.75 Å². The molecule has 1 rings (SSSR count). The molecule has 1 aromatic rings. The molecular weight excluding hydrogens is 266 g/mol. The van der Waals surface area contributed by atoms with Crippen LogP contribution in [0.2, 0.25) is 0 Å². The summed E-state index contributed by atoms with van der Waals surface area (Å²) in [6.45, 7) is 11.5. The molecule has 0 bridgehead atoms. The quantitative estimate of drug-likeness (QED) is 0.637. The van der Waals surface area contributed by atoms with Crippen LogP contribution in [0.25, 0.3) is 0 Å². The predicted octanol–water partition coefficient (Wildman–Crippen LogP) is 3.01. The summed E-state index contributed by atoms with van der Waals surface area (Å²) in [5, 5.41) is 3.40. The Bertz CT molecular complexity index is 380. The highest BCUT2D eigenvalue weighted by atomic mass is 16.5.